The summed E-state index contributed by atoms with van der Waals surface area (Å²) in [4.78, 5) is 14.7. The predicted molar refractivity (Wildman–Crippen MR) is 80.9 cm³/mol. The Labute approximate surface area is 135 Å². The minimum atomic E-state index is -0.563. The van der Waals surface area contributed by atoms with Crippen molar-refractivity contribution in [3.05, 3.63) is 29.6 Å². The first-order valence-corrected chi connectivity index (χ1v) is 7.53. The molecule has 6 nitrogen and oxygen atoms in total. The molecular formula is C17H19NO5. The fraction of sp³-hybridized carbons (Fsp3) is 0.529. The fourth-order valence-electron chi connectivity index (χ4n) is 2.70. The van der Waals surface area contributed by atoms with Gasteiger partial charge in [0.05, 0.1) is 13.2 Å². The van der Waals surface area contributed by atoms with Gasteiger partial charge in [0, 0.05) is 0 Å². The molecule has 3 heterocycles. The highest BCUT2D eigenvalue weighted by Gasteiger charge is 2.50. The SMILES string of the molecule is CC1(C)O[C@H]2[C@H](CO[C@@H]2COCC#Cc2cccc(C=O)n2)O1. The summed E-state index contributed by atoms with van der Waals surface area (Å²) in [6, 6.07) is 5.12. The average molecular weight is 317 g/mol. The van der Waals surface area contributed by atoms with Gasteiger partial charge in [0.25, 0.3) is 0 Å². The maximum absolute atomic E-state index is 10.6. The Bertz CT molecular complexity index is 633. The van der Waals surface area contributed by atoms with Crippen molar-refractivity contribution in [3.8, 4) is 11.8 Å². The van der Waals surface area contributed by atoms with E-state index >= 15 is 0 Å². The van der Waals surface area contributed by atoms with Gasteiger partial charge in [-0.25, -0.2) is 4.98 Å². The van der Waals surface area contributed by atoms with Gasteiger partial charge in [0.1, 0.15) is 36.3 Å². The maximum atomic E-state index is 10.6. The Morgan fingerprint density at radius 3 is 3.13 bits per heavy atom. The predicted octanol–water partition coefficient (Wildman–Crippen LogP) is 1.18. The largest absolute Gasteiger partial charge is 0.370 e. The summed E-state index contributed by atoms with van der Waals surface area (Å²) in [6.45, 7) is 4.98. The van der Waals surface area contributed by atoms with Crippen molar-refractivity contribution in [1.82, 2.24) is 4.98 Å². The monoisotopic (exact) mass is 317 g/mol. The summed E-state index contributed by atoms with van der Waals surface area (Å²) in [5.41, 5.74) is 0.911. The molecule has 2 saturated heterocycles. The van der Waals surface area contributed by atoms with Gasteiger partial charge in [-0.1, -0.05) is 12.0 Å². The lowest BCUT2D eigenvalue weighted by Gasteiger charge is -2.21. The van der Waals surface area contributed by atoms with Gasteiger partial charge in [-0.3, -0.25) is 4.79 Å². The molecule has 23 heavy (non-hydrogen) atoms. The molecule has 0 aliphatic carbocycles. The number of nitrogens with zero attached hydrogens (tertiary/aromatic N) is 1. The minimum Gasteiger partial charge on any atom is -0.370 e. The molecule has 0 amide bonds. The van der Waals surface area contributed by atoms with E-state index in [1.807, 2.05) is 13.8 Å². The summed E-state index contributed by atoms with van der Waals surface area (Å²) in [5, 5.41) is 0. The zero-order chi connectivity index (χ0) is 16.3. The molecule has 1 aromatic heterocycles. The third-order valence-corrected chi connectivity index (χ3v) is 3.63. The Kier molecular flexibility index (Phi) is 4.74. The average Bonchev–Trinajstić information content (AvgIpc) is 3.03. The second-order valence-corrected chi connectivity index (χ2v) is 5.89. The zero-order valence-electron chi connectivity index (χ0n) is 13.2. The van der Waals surface area contributed by atoms with Crippen LogP contribution in [0.2, 0.25) is 0 Å². The highest BCUT2D eigenvalue weighted by molar-refractivity contribution is 5.71. The molecule has 6 heteroatoms. The second kappa shape index (κ2) is 6.77. The maximum Gasteiger partial charge on any atom is 0.168 e. The molecule has 2 fully saturated rings. The summed E-state index contributed by atoms with van der Waals surface area (Å²) < 4.78 is 22.7. The van der Waals surface area contributed by atoms with Gasteiger partial charge in [-0.15, -0.1) is 0 Å². The van der Waals surface area contributed by atoms with E-state index in [0.717, 1.165) is 0 Å². The molecule has 2 aliphatic heterocycles. The molecule has 3 atom stereocenters. The van der Waals surface area contributed by atoms with E-state index in [9.17, 15) is 4.79 Å². The third-order valence-electron chi connectivity index (χ3n) is 3.63. The minimum absolute atomic E-state index is 0.0278. The van der Waals surface area contributed by atoms with Crippen LogP contribution in [0, 0.1) is 11.8 Å². The molecule has 0 unspecified atom stereocenters. The number of fused-ring (bicyclic) bond motifs is 1. The molecule has 1 aromatic rings. The van der Waals surface area contributed by atoms with Crippen LogP contribution in [-0.2, 0) is 18.9 Å². The molecule has 0 saturated carbocycles. The van der Waals surface area contributed by atoms with Gasteiger partial charge in [0.15, 0.2) is 12.1 Å². The summed E-state index contributed by atoms with van der Waals surface area (Å²) in [7, 11) is 0. The first-order chi connectivity index (χ1) is 11.1. The van der Waals surface area contributed by atoms with Crippen LogP contribution >= 0.6 is 0 Å². The van der Waals surface area contributed by atoms with E-state index in [1.54, 1.807) is 18.2 Å². The topological polar surface area (TPSA) is 66.9 Å². The number of carbonyl (C=O) groups is 1. The first-order valence-electron chi connectivity index (χ1n) is 7.53. The first kappa shape index (κ1) is 16.1. The zero-order valence-corrected chi connectivity index (χ0v) is 13.2. The molecule has 3 rings (SSSR count). The van der Waals surface area contributed by atoms with Crippen molar-refractivity contribution in [3.63, 3.8) is 0 Å². The lowest BCUT2D eigenvalue weighted by atomic mass is 10.2. The van der Waals surface area contributed by atoms with Crippen LogP contribution in [0.5, 0.6) is 0 Å². The third kappa shape index (κ3) is 3.95. The Morgan fingerprint density at radius 1 is 1.43 bits per heavy atom. The number of rotatable bonds is 4. The lowest BCUT2D eigenvalue weighted by Crippen LogP contribution is -2.33. The standard InChI is InChI=1S/C17H19NO5/c1-17(2)22-15-11-21-14(16(15)23-17)10-20-8-4-7-12-5-3-6-13(9-19)18-12/h3,5-6,9,14-16H,8,10-11H2,1-2H3/t14-,15+,16-/m1/s1. The number of pyridine rings is 1. The van der Waals surface area contributed by atoms with E-state index in [0.29, 0.717) is 30.9 Å². The number of hydrogen-bond donors (Lipinski definition) is 0. The lowest BCUT2D eigenvalue weighted by molar-refractivity contribution is -0.179. The van der Waals surface area contributed by atoms with E-state index < -0.39 is 5.79 Å². The van der Waals surface area contributed by atoms with Crippen LogP contribution in [0.4, 0.5) is 0 Å². The van der Waals surface area contributed by atoms with Gasteiger partial charge in [-0.2, -0.15) is 0 Å². The molecule has 0 spiro atoms. The van der Waals surface area contributed by atoms with Crippen LogP contribution in [0.15, 0.2) is 18.2 Å². The smallest absolute Gasteiger partial charge is 0.168 e. The van der Waals surface area contributed by atoms with Crippen molar-refractivity contribution in [2.24, 2.45) is 0 Å². The highest BCUT2D eigenvalue weighted by Crippen LogP contribution is 2.35. The molecule has 0 aromatic carbocycles. The number of aldehydes is 1. The quantitative estimate of drug-likeness (QED) is 0.472. The molecule has 0 radical (unpaired) electrons. The van der Waals surface area contributed by atoms with E-state index in [4.69, 9.17) is 18.9 Å². The number of carbonyl (C=O) groups excluding carboxylic acids is 1. The Balaban J connectivity index is 1.46. The number of aromatic nitrogens is 1. The van der Waals surface area contributed by atoms with E-state index in [1.165, 1.54) is 0 Å². The number of ether oxygens (including phenoxy) is 4. The normalized spacial score (nSPS) is 28.0. The molecule has 2 aliphatic rings. The Hall–Kier alpha value is -1.78. The van der Waals surface area contributed by atoms with Gasteiger partial charge in [0.2, 0.25) is 0 Å². The van der Waals surface area contributed by atoms with Crippen LogP contribution < -0.4 is 0 Å². The van der Waals surface area contributed by atoms with Crippen LogP contribution in [0.3, 0.4) is 0 Å². The summed E-state index contributed by atoms with van der Waals surface area (Å²) in [6.07, 6.45) is 0.435. The van der Waals surface area contributed by atoms with Crippen molar-refractivity contribution in [1.29, 1.82) is 0 Å². The van der Waals surface area contributed by atoms with Crippen molar-refractivity contribution in [2.45, 2.75) is 37.9 Å². The second-order valence-electron chi connectivity index (χ2n) is 5.89. The van der Waals surface area contributed by atoms with E-state index in [-0.39, 0.29) is 24.9 Å². The van der Waals surface area contributed by atoms with Crippen LogP contribution in [-0.4, -0.2) is 55.2 Å². The number of hydrogen-bond acceptors (Lipinski definition) is 6. The highest BCUT2D eigenvalue weighted by atomic mass is 16.8. The Morgan fingerprint density at radius 2 is 2.30 bits per heavy atom. The van der Waals surface area contributed by atoms with Gasteiger partial charge < -0.3 is 18.9 Å². The molecular weight excluding hydrogens is 298 g/mol. The molecule has 122 valence electrons. The summed E-state index contributed by atoms with van der Waals surface area (Å²) in [5.74, 6) is 5.17. The van der Waals surface area contributed by atoms with E-state index in [2.05, 4.69) is 16.8 Å². The summed E-state index contributed by atoms with van der Waals surface area (Å²) >= 11 is 0. The molecule has 0 N–H and O–H groups in total. The van der Waals surface area contributed by atoms with Crippen molar-refractivity contribution >= 4 is 6.29 Å². The molecule has 0 bridgehead atoms. The van der Waals surface area contributed by atoms with Crippen molar-refractivity contribution in [2.75, 3.05) is 19.8 Å². The van der Waals surface area contributed by atoms with Gasteiger partial charge in [-0.05, 0) is 31.9 Å². The fourth-order valence-corrected chi connectivity index (χ4v) is 2.70. The van der Waals surface area contributed by atoms with Crippen molar-refractivity contribution < 1.29 is 23.7 Å². The van der Waals surface area contributed by atoms with Crippen LogP contribution in [0.1, 0.15) is 30.0 Å². The van der Waals surface area contributed by atoms with Gasteiger partial charge >= 0.3 is 0 Å². The van der Waals surface area contributed by atoms with Crippen LogP contribution in [0.25, 0.3) is 0 Å².